The van der Waals surface area contributed by atoms with E-state index in [1.165, 1.54) is 7.05 Å². The molecule has 0 fully saturated rings. The number of hydrogen-bond acceptors (Lipinski definition) is 5. The van der Waals surface area contributed by atoms with Gasteiger partial charge in [-0.15, -0.1) is 0 Å². The number of aryl methyl sites for hydroxylation is 2. The first-order valence-electron chi connectivity index (χ1n) is 9.21. The average molecular weight is 419 g/mol. The first-order valence-corrected chi connectivity index (χ1v) is 10.7. The minimum Gasteiger partial charge on any atom is -0.466 e. The number of hydrogen-bond donors (Lipinski definition) is 1. The molecule has 0 aliphatic rings. The Hall–Kier alpha value is -2.71. The number of rotatable bonds is 8. The van der Waals surface area contributed by atoms with Crippen molar-refractivity contribution in [3.05, 3.63) is 59.2 Å². The van der Waals surface area contributed by atoms with Crippen LogP contribution in [0.2, 0.25) is 0 Å². The van der Waals surface area contributed by atoms with E-state index in [4.69, 9.17) is 4.74 Å². The maximum Gasteiger partial charge on any atom is 0.310 e. The van der Waals surface area contributed by atoms with Crippen molar-refractivity contribution in [2.75, 3.05) is 25.5 Å². The second kappa shape index (κ2) is 9.67. The number of carbonyl (C=O) groups excluding carboxylic acids is 2. The van der Waals surface area contributed by atoms with E-state index < -0.39 is 15.9 Å². The number of nitrogens with one attached hydrogen (secondary N) is 1. The van der Waals surface area contributed by atoms with Crippen molar-refractivity contribution in [3.63, 3.8) is 0 Å². The van der Waals surface area contributed by atoms with Crippen molar-refractivity contribution in [2.24, 2.45) is 0 Å². The van der Waals surface area contributed by atoms with E-state index in [9.17, 15) is 18.0 Å². The molecule has 0 atom stereocenters. The van der Waals surface area contributed by atoms with Gasteiger partial charge < -0.3 is 10.1 Å². The summed E-state index contributed by atoms with van der Waals surface area (Å²) in [6, 6.07) is 11.9. The highest BCUT2D eigenvalue weighted by atomic mass is 32.2. The van der Waals surface area contributed by atoms with Crippen LogP contribution in [0.15, 0.2) is 47.4 Å². The third-order valence-electron chi connectivity index (χ3n) is 4.29. The van der Waals surface area contributed by atoms with Gasteiger partial charge in [0.15, 0.2) is 0 Å². The molecule has 156 valence electrons. The van der Waals surface area contributed by atoms with Crippen molar-refractivity contribution in [1.82, 2.24) is 4.31 Å². The van der Waals surface area contributed by atoms with E-state index in [0.29, 0.717) is 17.9 Å². The van der Waals surface area contributed by atoms with E-state index in [1.54, 1.807) is 50.2 Å². The smallest absolute Gasteiger partial charge is 0.310 e. The first kappa shape index (κ1) is 22.6. The number of carbonyl (C=O) groups is 2. The summed E-state index contributed by atoms with van der Waals surface area (Å²) in [6.45, 7) is 5.29. The third-order valence-corrected chi connectivity index (χ3v) is 6.23. The number of likely N-dealkylation sites (N-methyl/N-ethyl adjacent to an activating group) is 1. The molecule has 0 saturated heterocycles. The summed E-state index contributed by atoms with van der Waals surface area (Å²) in [4.78, 5) is 24.0. The van der Waals surface area contributed by atoms with Gasteiger partial charge in [0.25, 0.3) is 0 Å². The second-order valence-electron chi connectivity index (χ2n) is 6.76. The molecule has 0 radical (unpaired) electrons. The summed E-state index contributed by atoms with van der Waals surface area (Å²) in [5, 5.41) is 2.67. The minimum absolute atomic E-state index is 0.152. The van der Waals surface area contributed by atoms with Gasteiger partial charge in [0.2, 0.25) is 15.9 Å². The summed E-state index contributed by atoms with van der Waals surface area (Å²) >= 11 is 0. The zero-order chi connectivity index (χ0) is 21.6. The number of amides is 1. The van der Waals surface area contributed by atoms with Crippen molar-refractivity contribution >= 4 is 27.6 Å². The molecule has 0 spiro atoms. The minimum atomic E-state index is -3.78. The lowest BCUT2D eigenvalue weighted by Crippen LogP contribution is -2.35. The molecule has 2 rings (SSSR count). The molecule has 0 saturated carbocycles. The SMILES string of the molecule is CCOC(=O)Cc1ccc(NC(=O)CN(C)S(=O)(=O)c2cc(C)ccc2C)cc1. The van der Waals surface area contributed by atoms with E-state index in [0.717, 1.165) is 15.4 Å². The molecule has 29 heavy (non-hydrogen) atoms. The Morgan fingerprint density at radius 2 is 1.72 bits per heavy atom. The number of esters is 1. The van der Waals surface area contributed by atoms with Gasteiger partial charge in [-0.05, 0) is 55.7 Å². The molecule has 2 aromatic rings. The number of sulfonamides is 1. The highest BCUT2D eigenvalue weighted by molar-refractivity contribution is 7.89. The van der Waals surface area contributed by atoms with Crippen LogP contribution in [0.3, 0.4) is 0 Å². The number of ether oxygens (including phenoxy) is 1. The molecule has 8 heteroatoms. The van der Waals surface area contributed by atoms with E-state index in [-0.39, 0.29) is 23.8 Å². The maximum absolute atomic E-state index is 12.8. The van der Waals surface area contributed by atoms with Gasteiger partial charge >= 0.3 is 5.97 Å². The number of nitrogens with zero attached hydrogens (tertiary/aromatic N) is 1. The monoisotopic (exact) mass is 418 g/mol. The van der Waals surface area contributed by atoms with E-state index in [1.807, 2.05) is 13.0 Å². The fraction of sp³-hybridized carbons (Fsp3) is 0.333. The molecule has 7 nitrogen and oxygen atoms in total. The molecular formula is C21H26N2O5S. The van der Waals surface area contributed by atoms with Gasteiger partial charge in [0.05, 0.1) is 24.5 Å². The highest BCUT2D eigenvalue weighted by Gasteiger charge is 2.24. The van der Waals surface area contributed by atoms with Gasteiger partial charge in [-0.1, -0.05) is 24.3 Å². The molecule has 0 heterocycles. The zero-order valence-corrected chi connectivity index (χ0v) is 17.9. The number of anilines is 1. The van der Waals surface area contributed by atoms with Gasteiger partial charge in [0, 0.05) is 12.7 Å². The Balaban J connectivity index is 2.01. The predicted octanol–water partition coefficient (Wildman–Crippen LogP) is 2.67. The van der Waals surface area contributed by atoms with E-state index >= 15 is 0 Å². The second-order valence-corrected chi connectivity index (χ2v) is 8.77. The fourth-order valence-electron chi connectivity index (χ4n) is 2.73. The Kier molecular flexibility index (Phi) is 7.53. The maximum atomic E-state index is 12.8. The molecule has 0 bridgehead atoms. The quantitative estimate of drug-likeness (QED) is 0.666. The van der Waals surface area contributed by atoms with Crippen LogP contribution in [0.25, 0.3) is 0 Å². The third kappa shape index (κ3) is 6.13. The average Bonchev–Trinajstić information content (AvgIpc) is 2.65. The Labute approximate surface area is 171 Å². The van der Waals surface area contributed by atoms with Crippen molar-refractivity contribution < 1.29 is 22.7 Å². The molecule has 0 unspecified atom stereocenters. The molecule has 0 aliphatic heterocycles. The largest absolute Gasteiger partial charge is 0.466 e. The summed E-state index contributed by atoms with van der Waals surface area (Å²) in [5.74, 6) is -0.776. The fourth-order valence-corrected chi connectivity index (χ4v) is 4.16. The molecular weight excluding hydrogens is 392 g/mol. The molecule has 2 aromatic carbocycles. The van der Waals surface area contributed by atoms with Gasteiger partial charge in [-0.2, -0.15) is 4.31 Å². The molecule has 1 amide bonds. The van der Waals surface area contributed by atoms with Gasteiger partial charge in [-0.3, -0.25) is 9.59 Å². The van der Waals surface area contributed by atoms with Crippen LogP contribution in [0.5, 0.6) is 0 Å². The first-order chi connectivity index (χ1) is 13.6. The molecule has 0 aliphatic carbocycles. The summed E-state index contributed by atoms with van der Waals surface area (Å²) in [6.07, 6.45) is 0.152. The van der Waals surface area contributed by atoms with Crippen LogP contribution >= 0.6 is 0 Å². The Bertz CT molecular complexity index is 985. The van der Waals surface area contributed by atoms with Crippen molar-refractivity contribution in [3.8, 4) is 0 Å². The number of benzene rings is 2. The normalized spacial score (nSPS) is 11.3. The van der Waals surface area contributed by atoms with Crippen LogP contribution < -0.4 is 5.32 Å². The Morgan fingerprint density at radius 1 is 1.07 bits per heavy atom. The predicted molar refractivity (Wildman–Crippen MR) is 111 cm³/mol. The van der Waals surface area contributed by atoms with Gasteiger partial charge in [-0.25, -0.2) is 8.42 Å². The lowest BCUT2D eigenvalue weighted by molar-refractivity contribution is -0.142. The standard InChI is InChI=1S/C21H26N2O5S/c1-5-28-21(25)13-17-8-10-18(11-9-17)22-20(24)14-23(4)29(26,27)19-12-15(2)6-7-16(19)3/h6-12H,5,13-14H2,1-4H3,(H,22,24). The summed E-state index contributed by atoms with van der Waals surface area (Å²) < 4.78 is 31.5. The lowest BCUT2D eigenvalue weighted by Gasteiger charge is -2.18. The lowest BCUT2D eigenvalue weighted by atomic mass is 10.1. The van der Waals surface area contributed by atoms with Crippen molar-refractivity contribution in [2.45, 2.75) is 32.1 Å². The zero-order valence-electron chi connectivity index (χ0n) is 17.1. The van der Waals surface area contributed by atoms with Crippen LogP contribution in [-0.4, -0.2) is 44.8 Å². The Morgan fingerprint density at radius 3 is 2.34 bits per heavy atom. The van der Waals surface area contributed by atoms with Crippen LogP contribution in [0.1, 0.15) is 23.6 Å². The molecule has 1 N–H and O–H groups in total. The topological polar surface area (TPSA) is 92.8 Å². The van der Waals surface area contributed by atoms with Crippen molar-refractivity contribution in [1.29, 1.82) is 0 Å². The summed E-state index contributed by atoms with van der Waals surface area (Å²) in [5.41, 5.74) is 2.73. The summed E-state index contributed by atoms with van der Waals surface area (Å²) in [7, 11) is -2.41. The van der Waals surface area contributed by atoms with Crippen LogP contribution in [0.4, 0.5) is 5.69 Å². The van der Waals surface area contributed by atoms with Crippen LogP contribution in [-0.2, 0) is 30.8 Å². The molecule has 0 aromatic heterocycles. The highest BCUT2D eigenvalue weighted by Crippen LogP contribution is 2.20. The van der Waals surface area contributed by atoms with Gasteiger partial charge in [0.1, 0.15) is 0 Å². The van der Waals surface area contributed by atoms with Crippen LogP contribution in [0, 0.1) is 13.8 Å². The van der Waals surface area contributed by atoms with E-state index in [2.05, 4.69) is 5.32 Å².